The normalized spacial score (nSPS) is 13.3. The van der Waals surface area contributed by atoms with E-state index < -0.39 is 10.5 Å². The van der Waals surface area contributed by atoms with Gasteiger partial charge in [-0.05, 0) is 32.9 Å². The fraction of sp³-hybridized carbons (Fsp3) is 0.462. The third-order valence-corrected chi connectivity index (χ3v) is 3.30. The number of hydrogen-bond donors (Lipinski definition) is 1. The molecule has 1 aromatic rings. The molecule has 0 aliphatic heterocycles. The molecular formula is C13H16ClN3O3. The molecule has 1 aromatic carbocycles. The molecule has 6 nitrogen and oxygen atoms in total. The monoisotopic (exact) mass is 297 g/mol. The quantitative estimate of drug-likeness (QED) is 0.475. The van der Waals surface area contributed by atoms with Gasteiger partial charge in [-0.15, -0.1) is 0 Å². The fourth-order valence-corrected chi connectivity index (χ4v) is 1.79. The summed E-state index contributed by atoms with van der Waals surface area (Å²) in [6.07, 6.45) is 1.29. The van der Waals surface area contributed by atoms with Gasteiger partial charge in [0.2, 0.25) is 0 Å². The van der Waals surface area contributed by atoms with Gasteiger partial charge >= 0.3 is 0 Å². The molecule has 0 aromatic heterocycles. The Kier molecular flexibility index (Phi) is 5.74. The molecule has 0 bridgehead atoms. The van der Waals surface area contributed by atoms with Crippen molar-refractivity contribution in [1.29, 1.82) is 5.26 Å². The Labute approximate surface area is 122 Å². The maximum Gasteiger partial charge on any atom is 0.271 e. The molecule has 0 saturated heterocycles. The van der Waals surface area contributed by atoms with Crippen LogP contribution in [0.15, 0.2) is 18.2 Å². The van der Waals surface area contributed by atoms with E-state index in [0.717, 1.165) is 0 Å². The van der Waals surface area contributed by atoms with Crippen molar-refractivity contribution in [1.82, 2.24) is 5.32 Å². The van der Waals surface area contributed by atoms with Crippen LogP contribution in [0.1, 0.15) is 19.8 Å². The van der Waals surface area contributed by atoms with Crippen LogP contribution in [0, 0.1) is 21.4 Å². The van der Waals surface area contributed by atoms with Gasteiger partial charge in [-0.1, -0.05) is 11.6 Å². The van der Waals surface area contributed by atoms with Gasteiger partial charge in [-0.2, -0.15) is 5.26 Å². The van der Waals surface area contributed by atoms with Gasteiger partial charge in [0, 0.05) is 12.1 Å². The summed E-state index contributed by atoms with van der Waals surface area (Å²) in [6, 6.07) is 6.26. The molecule has 1 rings (SSSR count). The third kappa shape index (κ3) is 4.37. The van der Waals surface area contributed by atoms with E-state index in [1.54, 1.807) is 7.05 Å². The van der Waals surface area contributed by atoms with Crippen LogP contribution in [0.2, 0.25) is 5.02 Å². The van der Waals surface area contributed by atoms with Crippen LogP contribution in [0.4, 0.5) is 5.69 Å². The van der Waals surface area contributed by atoms with E-state index in [1.165, 1.54) is 18.2 Å². The van der Waals surface area contributed by atoms with E-state index in [0.29, 0.717) is 25.2 Å². The summed E-state index contributed by atoms with van der Waals surface area (Å²) in [5.74, 6) is 0.403. The SMILES string of the molecule is CNC(C)(C#N)CCCOc1ccc([N+](=O)[O-])cc1Cl. The number of halogens is 1. The van der Waals surface area contributed by atoms with Crippen LogP contribution in [0.25, 0.3) is 0 Å². The Balaban J connectivity index is 2.51. The molecular weight excluding hydrogens is 282 g/mol. The highest BCUT2D eigenvalue weighted by molar-refractivity contribution is 6.32. The minimum atomic E-state index is -0.581. The number of nitro benzene ring substituents is 1. The zero-order valence-corrected chi connectivity index (χ0v) is 12.1. The molecule has 1 unspecified atom stereocenters. The van der Waals surface area contributed by atoms with Gasteiger partial charge in [-0.25, -0.2) is 0 Å². The molecule has 0 amide bonds. The van der Waals surface area contributed by atoms with Gasteiger partial charge in [0.25, 0.3) is 5.69 Å². The first-order chi connectivity index (χ1) is 9.41. The predicted octanol–water partition coefficient (Wildman–Crippen LogP) is 2.91. The summed E-state index contributed by atoms with van der Waals surface area (Å²) in [5, 5.41) is 22.7. The van der Waals surface area contributed by atoms with Crippen molar-refractivity contribution in [2.45, 2.75) is 25.3 Å². The summed E-state index contributed by atoms with van der Waals surface area (Å²) >= 11 is 5.90. The molecule has 1 atom stereocenters. The number of nitrogens with zero attached hydrogens (tertiary/aromatic N) is 2. The topological polar surface area (TPSA) is 88.2 Å². The van der Waals surface area contributed by atoms with Crippen molar-refractivity contribution in [3.63, 3.8) is 0 Å². The van der Waals surface area contributed by atoms with Gasteiger partial charge in [-0.3, -0.25) is 10.1 Å². The lowest BCUT2D eigenvalue weighted by molar-refractivity contribution is -0.384. The minimum absolute atomic E-state index is 0.0745. The van der Waals surface area contributed by atoms with Crippen molar-refractivity contribution in [3.8, 4) is 11.8 Å². The molecule has 1 N–H and O–H groups in total. The largest absolute Gasteiger partial charge is 0.492 e. The number of hydrogen-bond acceptors (Lipinski definition) is 5. The maximum absolute atomic E-state index is 10.6. The molecule has 0 heterocycles. The maximum atomic E-state index is 10.6. The Hall–Kier alpha value is -1.84. The Morgan fingerprint density at radius 2 is 2.30 bits per heavy atom. The van der Waals surface area contributed by atoms with Crippen molar-refractivity contribution in [2.24, 2.45) is 0 Å². The molecule has 0 spiro atoms. The number of benzene rings is 1. The highest BCUT2D eigenvalue weighted by Gasteiger charge is 2.20. The van der Waals surface area contributed by atoms with Crippen molar-refractivity contribution >= 4 is 17.3 Å². The number of nitro groups is 1. The first-order valence-electron chi connectivity index (χ1n) is 6.09. The molecule has 0 radical (unpaired) electrons. The molecule has 0 aliphatic rings. The lowest BCUT2D eigenvalue weighted by Gasteiger charge is -2.20. The number of non-ortho nitro benzene ring substituents is 1. The van der Waals surface area contributed by atoms with Gasteiger partial charge < -0.3 is 10.1 Å². The minimum Gasteiger partial charge on any atom is -0.492 e. The Morgan fingerprint density at radius 1 is 1.60 bits per heavy atom. The second kappa shape index (κ2) is 7.08. The highest BCUT2D eigenvalue weighted by Crippen LogP contribution is 2.28. The van der Waals surface area contributed by atoms with Crippen LogP contribution in [0.3, 0.4) is 0 Å². The van der Waals surface area contributed by atoms with E-state index in [4.69, 9.17) is 21.6 Å². The summed E-state index contributed by atoms with van der Waals surface area (Å²) < 4.78 is 5.46. The van der Waals surface area contributed by atoms with Gasteiger partial charge in [0.05, 0.1) is 22.6 Å². The standard InChI is InChI=1S/C13H16ClN3O3/c1-13(9-15,16-2)6-3-7-20-12-5-4-10(17(18)19)8-11(12)14/h4-5,8,16H,3,6-7H2,1-2H3. The van der Waals surface area contributed by atoms with E-state index in [-0.39, 0.29) is 10.7 Å². The smallest absolute Gasteiger partial charge is 0.271 e. The Morgan fingerprint density at radius 3 is 2.80 bits per heavy atom. The summed E-state index contributed by atoms with van der Waals surface area (Å²) in [4.78, 5) is 10.1. The van der Waals surface area contributed by atoms with Gasteiger partial charge in [0.1, 0.15) is 11.3 Å². The highest BCUT2D eigenvalue weighted by atomic mass is 35.5. The van der Waals surface area contributed by atoms with E-state index in [9.17, 15) is 10.1 Å². The van der Waals surface area contributed by atoms with Crippen LogP contribution >= 0.6 is 11.6 Å². The van der Waals surface area contributed by atoms with Crippen molar-refractivity contribution in [3.05, 3.63) is 33.3 Å². The number of nitrogens with one attached hydrogen (secondary N) is 1. The lowest BCUT2D eigenvalue weighted by Crippen LogP contribution is -2.38. The zero-order valence-electron chi connectivity index (χ0n) is 11.4. The molecule has 0 fully saturated rings. The van der Waals surface area contributed by atoms with E-state index in [2.05, 4.69) is 11.4 Å². The molecule has 0 aliphatic carbocycles. The third-order valence-electron chi connectivity index (χ3n) is 3.00. The number of rotatable bonds is 7. The van der Waals surface area contributed by atoms with Crippen molar-refractivity contribution < 1.29 is 9.66 Å². The van der Waals surface area contributed by atoms with Crippen LogP contribution in [-0.4, -0.2) is 24.1 Å². The Bertz CT molecular complexity index is 530. The van der Waals surface area contributed by atoms with Gasteiger partial charge in [0.15, 0.2) is 0 Å². The lowest BCUT2D eigenvalue weighted by atomic mass is 9.98. The summed E-state index contributed by atoms with van der Waals surface area (Å²) in [6.45, 7) is 2.20. The second-order valence-corrected chi connectivity index (χ2v) is 4.92. The second-order valence-electron chi connectivity index (χ2n) is 4.52. The molecule has 0 saturated carbocycles. The average Bonchev–Trinajstić information content (AvgIpc) is 2.44. The van der Waals surface area contributed by atoms with Crippen molar-refractivity contribution in [2.75, 3.05) is 13.7 Å². The van der Waals surface area contributed by atoms with E-state index >= 15 is 0 Å². The first-order valence-corrected chi connectivity index (χ1v) is 6.46. The molecule has 108 valence electrons. The fourth-order valence-electron chi connectivity index (χ4n) is 1.57. The average molecular weight is 298 g/mol. The van der Waals surface area contributed by atoms with Crippen LogP contribution in [-0.2, 0) is 0 Å². The predicted molar refractivity (Wildman–Crippen MR) is 75.9 cm³/mol. The molecule has 7 heteroatoms. The zero-order chi connectivity index (χ0) is 15.2. The van der Waals surface area contributed by atoms with Crippen LogP contribution in [0.5, 0.6) is 5.75 Å². The summed E-state index contributed by atoms with van der Waals surface area (Å²) in [5.41, 5.74) is -0.655. The first kappa shape index (κ1) is 16.2. The van der Waals surface area contributed by atoms with E-state index in [1.807, 2.05) is 6.92 Å². The molecule has 20 heavy (non-hydrogen) atoms. The number of ether oxygens (including phenoxy) is 1. The number of nitriles is 1. The summed E-state index contributed by atoms with van der Waals surface area (Å²) in [7, 11) is 1.73. The van der Waals surface area contributed by atoms with Crippen LogP contribution < -0.4 is 10.1 Å².